The first-order chi connectivity index (χ1) is 9.92. The van der Waals surface area contributed by atoms with Crippen LogP contribution in [-0.4, -0.2) is 24.7 Å². The van der Waals surface area contributed by atoms with Crippen LogP contribution in [0.3, 0.4) is 0 Å². The number of ether oxygens (including phenoxy) is 2. The lowest BCUT2D eigenvalue weighted by Gasteiger charge is -2.25. The fraction of sp³-hybridized carbons (Fsp3) is 0.353. The maximum atomic E-state index is 11.6. The number of benzene rings is 2. The van der Waals surface area contributed by atoms with E-state index in [4.69, 9.17) is 15.2 Å². The number of carbonyl (C=O) groups excluding carboxylic acids is 1. The molecule has 4 heteroatoms. The van der Waals surface area contributed by atoms with Crippen molar-refractivity contribution in [2.45, 2.75) is 31.9 Å². The Hall–Kier alpha value is -2.07. The van der Waals surface area contributed by atoms with Gasteiger partial charge in [-0.25, -0.2) is 0 Å². The molecule has 0 bridgehead atoms. The van der Waals surface area contributed by atoms with Gasteiger partial charge in [0.15, 0.2) is 0 Å². The van der Waals surface area contributed by atoms with E-state index < -0.39 is 11.5 Å². The van der Waals surface area contributed by atoms with Crippen LogP contribution < -0.4 is 10.5 Å². The summed E-state index contributed by atoms with van der Waals surface area (Å²) in [4.78, 5) is 11.6. The average molecular weight is 287 g/mol. The minimum atomic E-state index is -1.05. The van der Waals surface area contributed by atoms with Crippen LogP contribution in [0.2, 0.25) is 0 Å². The van der Waals surface area contributed by atoms with Crippen molar-refractivity contribution in [3.05, 3.63) is 42.5 Å². The van der Waals surface area contributed by atoms with Crippen molar-refractivity contribution in [1.29, 1.82) is 0 Å². The standard InChI is InChI=1S/C17H21NO3/c1-12(11-17(2,18)16(19)20-3)21-15-9-8-13-6-4-5-7-14(13)10-15/h4-10,12H,11,18H2,1-3H3. The van der Waals surface area contributed by atoms with E-state index in [9.17, 15) is 4.79 Å². The van der Waals surface area contributed by atoms with Gasteiger partial charge in [-0.1, -0.05) is 30.3 Å². The Kier molecular flexibility index (Phi) is 4.48. The predicted molar refractivity (Wildman–Crippen MR) is 83.3 cm³/mol. The fourth-order valence-electron chi connectivity index (χ4n) is 2.43. The van der Waals surface area contributed by atoms with Gasteiger partial charge in [0, 0.05) is 6.42 Å². The maximum Gasteiger partial charge on any atom is 0.325 e. The quantitative estimate of drug-likeness (QED) is 0.859. The summed E-state index contributed by atoms with van der Waals surface area (Å²) in [6.07, 6.45) is 0.187. The van der Waals surface area contributed by atoms with Crippen molar-refractivity contribution >= 4 is 16.7 Å². The molecule has 0 aliphatic heterocycles. The number of hydrogen-bond acceptors (Lipinski definition) is 4. The van der Waals surface area contributed by atoms with Crippen LogP contribution in [0.15, 0.2) is 42.5 Å². The molecule has 0 radical (unpaired) electrons. The van der Waals surface area contributed by atoms with Gasteiger partial charge in [0.25, 0.3) is 0 Å². The SMILES string of the molecule is COC(=O)C(C)(N)CC(C)Oc1ccc2ccccc2c1. The number of methoxy groups -OCH3 is 1. The lowest BCUT2D eigenvalue weighted by Crippen LogP contribution is -2.48. The van der Waals surface area contributed by atoms with Gasteiger partial charge < -0.3 is 15.2 Å². The summed E-state index contributed by atoms with van der Waals surface area (Å²) < 4.78 is 10.6. The molecule has 2 atom stereocenters. The van der Waals surface area contributed by atoms with Crippen LogP contribution in [0.25, 0.3) is 10.8 Å². The van der Waals surface area contributed by atoms with E-state index in [1.54, 1.807) is 6.92 Å². The summed E-state index contributed by atoms with van der Waals surface area (Å²) in [6.45, 7) is 3.54. The topological polar surface area (TPSA) is 61.5 Å². The third kappa shape index (κ3) is 3.73. The van der Waals surface area contributed by atoms with Gasteiger partial charge in [-0.3, -0.25) is 4.79 Å². The van der Waals surface area contributed by atoms with E-state index >= 15 is 0 Å². The van der Waals surface area contributed by atoms with Crippen molar-refractivity contribution in [2.75, 3.05) is 7.11 Å². The van der Waals surface area contributed by atoms with Gasteiger partial charge >= 0.3 is 5.97 Å². The van der Waals surface area contributed by atoms with Gasteiger partial charge in [0.1, 0.15) is 11.3 Å². The second kappa shape index (κ2) is 6.14. The Morgan fingerprint density at radius 2 is 1.90 bits per heavy atom. The third-order valence-electron chi connectivity index (χ3n) is 3.42. The summed E-state index contributed by atoms with van der Waals surface area (Å²) in [5, 5.41) is 2.28. The normalized spacial score (nSPS) is 15.2. The Balaban J connectivity index is 2.07. The van der Waals surface area contributed by atoms with Gasteiger partial charge in [-0.15, -0.1) is 0 Å². The molecule has 0 spiro atoms. The highest BCUT2D eigenvalue weighted by molar-refractivity contribution is 5.83. The summed E-state index contributed by atoms with van der Waals surface area (Å²) >= 11 is 0. The van der Waals surface area contributed by atoms with Crippen molar-refractivity contribution in [3.63, 3.8) is 0 Å². The average Bonchev–Trinajstić information content (AvgIpc) is 2.45. The molecule has 0 aromatic heterocycles. The molecule has 4 nitrogen and oxygen atoms in total. The van der Waals surface area contributed by atoms with Crippen molar-refractivity contribution in [3.8, 4) is 5.75 Å². The Morgan fingerprint density at radius 1 is 1.24 bits per heavy atom. The predicted octanol–water partition coefficient (Wildman–Crippen LogP) is 2.89. The monoisotopic (exact) mass is 287 g/mol. The summed E-state index contributed by atoms with van der Waals surface area (Å²) in [5.41, 5.74) is 4.91. The summed E-state index contributed by atoms with van der Waals surface area (Å²) in [6, 6.07) is 14.0. The van der Waals surface area contributed by atoms with E-state index in [0.717, 1.165) is 16.5 Å². The molecule has 112 valence electrons. The molecule has 2 aromatic rings. The molecule has 2 unspecified atom stereocenters. The number of fused-ring (bicyclic) bond motifs is 1. The smallest absolute Gasteiger partial charge is 0.325 e. The van der Waals surface area contributed by atoms with E-state index in [2.05, 4.69) is 6.07 Å². The molecule has 0 saturated heterocycles. The van der Waals surface area contributed by atoms with Gasteiger partial charge in [-0.05, 0) is 36.8 Å². The molecular formula is C17H21NO3. The van der Waals surface area contributed by atoms with E-state index in [0.29, 0.717) is 6.42 Å². The van der Waals surface area contributed by atoms with E-state index in [1.165, 1.54) is 7.11 Å². The lowest BCUT2D eigenvalue weighted by molar-refractivity contribution is -0.147. The number of rotatable bonds is 5. The first-order valence-electron chi connectivity index (χ1n) is 6.95. The maximum absolute atomic E-state index is 11.6. The molecule has 0 fully saturated rings. The molecule has 0 heterocycles. The zero-order valence-electron chi connectivity index (χ0n) is 12.6. The van der Waals surface area contributed by atoms with Crippen LogP contribution in [0.1, 0.15) is 20.3 Å². The van der Waals surface area contributed by atoms with Crippen molar-refractivity contribution in [2.24, 2.45) is 5.73 Å². The van der Waals surface area contributed by atoms with Gasteiger partial charge in [0.05, 0.1) is 13.2 Å². The number of carbonyl (C=O) groups is 1. The second-order valence-electron chi connectivity index (χ2n) is 5.55. The van der Waals surface area contributed by atoms with Crippen LogP contribution >= 0.6 is 0 Å². The lowest BCUT2D eigenvalue weighted by atomic mass is 9.96. The van der Waals surface area contributed by atoms with Crippen molar-refractivity contribution in [1.82, 2.24) is 0 Å². The summed E-state index contributed by atoms with van der Waals surface area (Å²) in [7, 11) is 1.34. The first-order valence-corrected chi connectivity index (χ1v) is 6.95. The molecule has 0 amide bonds. The number of nitrogens with two attached hydrogens (primary N) is 1. The Bertz CT molecular complexity index is 637. The number of esters is 1. The minimum absolute atomic E-state index is 0.194. The molecule has 0 aliphatic rings. The Morgan fingerprint density at radius 3 is 2.57 bits per heavy atom. The van der Waals surface area contributed by atoms with E-state index in [1.807, 2.05) is 43.3 Å². The van der Waals surface area contributed by atoms with E-state index in [-0.39, 0.29) is 6.10 Å². The minimum Gasteiger partial charge on any atom is -0.491 e. The summed E-state index contributed by atoms with van der Waals surface area (Å²) in [5.74, 6) is 0.332. The molecule has 0 aliphatic carbocycles. The van der Waals surface area contributed by atoms with Crippen molar-refractivity contribution < 1.29 is 14.3 Å². The molecule has 2 rings (SSSR count). The highest BCUT2D eigenvalue weighted by Gasteiger charge is 2.32. The van der Waals surface area contributed by atoms with Crippen LogP contribution in [0, 0.1) is 0 Å². The van der Waals surface area contributed by atoms with Crippen LogP contribution in [-0.2, 0) is 9.53 Å². The highest BCUT2D eigenvalue weighted by atomic mass is 16.5. The second-order valence-corrected chi connectivity index (χ2v) is 5.55. The molecule has 2 N–H and O–H groups in total. The Labute approximate surface area is 124 Å². The number of hydrogen-bond donors (Lipinski definition) is 1. The molecule has 2 aromatic carbocycles. The fourth-order valence-corrected chi connectivity index (χ4v) is 2.43. The van der Waals surface area contributed by atoms with Crippen LogP contribution in [0.5, 0.6) is 5.75 Å². The third-order valence-corrected chi connectivity index (χ3v) is 3.42. The van der Waals surface area contributed by atoms with Crippen LogP contribution in [0.4, 0.5) is 0 Å². The highest BCUT2D eigenvalue weighted by Crippen LogP contribution is 2.23. The molecule has 21 heavy (non-hydrogen) atoms. The zero-order chi connectivity index (χ0) is 15.5. The largest absolute Gasteiger partial charge is 0.491 e. The molecular weight excluding hydrogens is 266 g/mol. The van der Waals surface area contributed by atoms with Gasteiger partial charge in [-0.2, -0.15) is 0 Å². The zero-order valence-corrected chi connectivity index (χ0v) is 12.6. The first kappa shape index (κ1) is 15.3. The molecule has 0 saturated carbocycles. The van der Waals surface area contributed by atoms with Gasteiger partial charge in [0.2, 0.25) is 0 Å².